The highest BCUT2D eigenvalue weighted by atomic mass is 16.3. The van der Waals surface area contributed by atoms with Gasteiger partial charge in [-0.25, -0.2) is 0 Å². The molecule has 0 saturated carbocycles. The topological polar surface area (TPSA) is 60.8 Å². The maximum atomic E-state index is 11.3. The second kappa shape index (κ2) is 7.57. The lowest BCUT2D eigenvalue weighted by Crippen LogP contribution is -2.49. The zero-order valence-corrected chi connectivity index (χ0v) is 17.2. The van der Waals surface area contributed by atoms with Crippen molar-refractivity contribution in [3.05, 3.63) is 34.9 Å². The third-order valence-corrected chi connectivity index (χ3v) is 6.41. The van der Waals surface area contributed by atoms with Crippen LogP contribution in [0.5, 0.6) is 11.5 Å². The summed E-state index contributed by atoms with van der Waals surface area (Å²) in [5.74, 6) is 2.33. The molecular weight excluding hydrogens is 338 g/mol. The molecule has 0 radical (unpaired) electrons. The molecule has 4 nitrogen and oxygen atoms in total. The van der Waals surface area contributed by atoms with E-state index < -0.39 is 0 Å². The number of carbonyl (C=O) groups is 1. The average Bonchev–Trinajstić information content (AvgIpc) is 2.48. The van der Waals surface area contributed by atoms with Crippen LogP contribution >= 0.6 is 0 Å². The molecule has 0 aromatic heterocycles. The summed E-state index contributed by atoms with van der Waals surface area (Å²) in [6.45, 7) is 12.0. The lowest BCUT2D eigenvalue weighted by atomic mass is 9.66. The molecule has 2 unspecified atom stereocenters. The molecule has 1 saturated heterocycles. The Hall–Kier alpha value is -1.97. The van der Waals surface area contributed by atoms with Crippen molar-refractivity contribution < 1.29 is 15.0 Å². The van der Waals surface area contributed by atoms with Crippen molar-refractivity contribution in [2.45, 2.75) is 53.4 Å². The van der Waals surface area contributed by atoms with Crippen LogP contribution in [-0.4, -0.2) is 34.1 Å². The van der Waals surface area contributed by atoms with Crippen LogP contribution in [0.15, 0.2) is 23.8 Å². The van der Waals surface area contributed by atoms with Gasteiger partial charge < -0.3 is 15.1 Å². The van der Waals surface area contributed by atoms with Gasteiger partial charge in [0.1, 0.15) is 11.5 Å². The Morgan fingerprint density at radius 1 is 1.22 bits per heavy atom. The Balaban J connectivity index is 1.84. The standard InChI is InChI=1S/C23H33NO3/c1-13(2)22-15(4)6-14(3)7-19(22)23-20(26)9-17(10-21(23)27)8-18-11-24(12-18)16(5)25/h7,9-10,13,15,18-19,22,26-27H,6,8,11-12H2,1-5H3/t15?,19-,22?/m1/s1. The number of phenols is 2. The molecule has 2 aliphatic rings. The van der Waals surface area contributed by atoms with Crippen molar-refractivity contribution in [1.29, 1.82) is 0 Å². The lowest BCUT2D eigenvalue weighted by Gasteiger charge is -2.39. The Bertz CT molecular complexity index is 723. The van der Waals surface area contributed by atoms with Crippen molar-refractivity contribution in [2.75, 3.05) is 13.1 Å². The average molecular weight is 372 g/mol. The molecule has 1 aliphatic carbocycles. The van der Waals surface area contributed by atoms with Crippen LogP contribution in [0.2, 0.25) is 0 Å². The molecule has 1 aromatic carbocycles. The van der Waals surface area contributed by atoms with E-state index in [0.29, 0.717) is 29.2 Å². The molecule has 3 atom stereocenters. The Labute approximate surface area is 162 Å². The number of phenolic OH excluding ortho intramolecular Hbond substituents is 2. The molecular formula is C23H33NO3. The molecule has 2 N–H and O–H groups in total. The Kier molecular flexibility index (Phi) is 5.55. The molecule has 1 aromatic rings. The molecule has 0 spiro atoms. The minimum Gasteiger partial charge on any atom is -0.507 e. The molecule has 3 rings (SSSR count). The number of rotatable bonds is 4. The third kappa shape index (κ3) is 3.99. The first-order chi connectivity index (χ1) is 12.7. The monoisotopic (exact) mass is 371 g/mol. The summed E-state index contributed by atoms with van der Waals surface area (Å²) < 4.78 is 0. The lowest BCUT2D eigenvalue weighted by molar-refractivity contribution is -0.134. The summed E-state index contributed by atoms with van der Waals surface area (Å²) in [5, 5.41) is 21.6. The van der Waals surface area contributed by atoms with E-state index in [-0.39, 0.29) is 23.3 Å². The van der Waals surface area contributed by atoms with Gasteiger partial charge >= 0.3 is 0 Å². The van der Waals surface area contributed by atoms with E-state index in [1.165, 1.54) is 5.57 Å². The van der Waals surface area contributed by atoms with Crippen molar-refractivity contribution in [3.63, 3.8) is 0 Å². The fraction of sp³-hybridized carbons (Fsp3) is 0.609. The first-order valence-corrected chi connectivity index (χ1v) is 10.1. The minimum atomic E-state index is 0.0414. The van der Waals surface area contributed by atoms with Gasteiger partial charge in [0, 0.05) is 31.5 Å². The van der Waals surface area contributed by atoms with Crippen LogP contribution in [0.1, 0.15) is 58.1 Å². The zero-order chi connectivity index (χ0) is 19.9. The highest BCUT2D eigenvalue weighted by molar-refractivity contribution is 5.74. The summed E-state index contributed by atoms with van der Waals surface area (Å²) in [6, 6.07) is 3.62. The summed E-state index contributed by atoms with van der Waals surface area (Å²) in [5.41, 5.74) is 2.93. The fourth-order valence-corrected chi connectivity index (χ4v) is 5.26. The molecule has 1 heterocycles. The van der Waals surface area contributed by atoms with Gasteiger partial charge in [-0.2, -0.15) is 0 Å². The van der Waals surface area contributed by atoms with Crippen molar-refractivity contribution >= 4 is 5.91 Å². The quantitative estimate of drug-likeness (QED) is 0.768. The zero-order valence-electron chi connectivity index (χ0n) is 17.2. The third-order valence-electron chi connectivity index (χ3n) is 6.41. The van der Waals surface area contributed by atoms with Gasteiger partial charge in [0.05, 0.1) is 0 Å². The van der Waals surface area contributed by atoms with Crippen LogP contribution in [0, 0.1) is 23.7 Å². The predicted molar refractivity (Wildman–Crippen MR) is 108 cm³/mol. The van der Waals surface area contributed by atoms with E-state index in [1.54, 1.807) is 6.92 Å². The van der Waals surface area contributed by atoms with Crippen LogP contribution in [0.4, 0.5) is 0 Å². The number of amides is 1. The van der Waals surface area contributed by atoms with Gasteiger partial charge in [-0.1, -0.05) is 32.4 Å². The highest BCUT2D eigenvalue weighted by Crippen LogP contribution is 2.49. The number of carbonyl (C=O) groups excluding carboxylic acids is 1. The van der Waals surface area contributed by atoms with Gasteiger partial charge in [-0.3, -0.25) is 4.79 Å². The van der Waals surface area contributed by atoms with E-state index in [9.17, 15) is 15.0 Å². The summed E-state index contributed by atoms with van der Waals surface area (Å²) in [4.78, 5) is 13.2. The highest BCUT2D eigenvalue weighted by Gasteiger charge is 2.36. The second-order valence-corrected chi connectivity index (χ2v) is 9.08. The van der Waals surface area contributed by atoms with Crippen LogP contribution in [0.3, 0.4) is 0 Å². The van der Waals surface area contributed by atoms with Gasteiger partial charge in [-0.15, -0.1) is 0 Å². The fourth-order valence-electron chi connectivity index (χ4n) is 5.26. The molecule has 27 heavy (non-hydrogen) atoms. The number of hydrogen-bond acceptors (Lipinski definition) is 3. The first kappa shape index (κ1) is 19.8. The first-order valence-electron chi connectivity index (χ1n) is 10.1. The van der Waals surface area contributed by atoms with Crippen molar-refractivity contribution in [1.82, 2.24) is 4.90 Å². The SMILES string of the molecule is CC(=O)N1CC(Cc2cc(O)c([C@@H]3C=C(C)CC(C)C3C(C)C)c(O)c2)C1. The molecule has 1 aliphatic heterocycles. The Morgan fingerprint density at radius 3 is 2.33 bits per heavy atom. The largest absolute Gasteiger partial charge is 0.507 e. The van der Waals surface area contributed by atoms with Crippen molar-refractivity contribution in [2.24, 2.45) is 23.7 Å². The number of hydrogen-bond donors (Lipinski definition) is 2. The van der Waals surface area contributed by atoms with Gasteiger partial charge in [0.2, 0.25) is 5.91 Å². The maximum absolute atomic E-state index is 11.3. The second-order valence-electron chi connectivity index (χ2n) is 9.08. The maximum Gasteiger partial charge on any atom is 0.219 e. The van der Waals surface area contributed by atoms with Crippen LogP contribution < -0.4 is 0 Å². The van der Waals surface area contributed by atoms with Gasteiger partial charge in [-0.05, 0) is 61.1 Å². The van der Waals surface area contributed by atoms with E-state index in [1.807, 2.05) is 17.0 Å². The molecule has 1 fully saturated rings. The van der Waals surface area contributed by atoms with E-state index >= 15 is 0 Å². The van der Waals surface area contributed by atoms with Gasteiger partial charge in [0.25, 0.3) is 0 Å². The van der Waals surface area contributed by atoms with E-state index in [2.05, 4.69) is 33.8 Å². The Morgan fingerprint density at radius 2 is 1.81 bits per heavy atom. The summed E-state index contributed by atoms with van der Waals surface area (Å²) in [7, 11) is 0. The number of benzene rings is 1. The van der Waals surface area contributed by atoms with Crippen LogP contribution in [-0.2, 0) is 11.2 Å². The number of nitrogens with zero attached hydrogens (tertiary/aromatic N) is 1. The number of likely N-dealkylation sites (tertiary alicyclic amines) is 1. The van der Waals surface area contributed by atoms with E-state index in [4.69, 9.17) is 0 Å². The summed E-state index contributed by atoms with van der Waals surface area (Å²) >= 11 is 0. The normalized spacial score (nSPS) is 26.1. The predicted octanol–water partition coefficient (Wildman–Crippen LogP) is 4.46. The number of aromatic hydroxyl groups is 2. The molecule has 4 heteroatoms. The number of allylic oxidation sites excluding steroid dienone is 2. The molecule has 1 amide bonds. The molecule has 148 valence electrons. The summed E-state index contributed by atoms with van der Waals surface area (Å²) in [6.07, 6.45) is 4.08. The van der Waals surface area contributed by atoms with E-state index in [0.717, 1.165) is 31.5 Å². The smallest absolute Gasteiger partial charge is 0.219 e. The minimum absolute atomic E-state index is 0.0414. The van der Waals surface area contributed by atoms with Crippen molar-refractivity contribution in [3.8, 4) is 11.5 Å². The van der Waals surface area contributed by atoms with Crippen LogP contribution in [0.25, 0.3) is 0 Å². The van der Waals surface area contributed by atoms with Gasteiger partial charge in [0.15, 0.2) is 0 Å². The molecule has 0 bridgehead atoms.